The molecular weight excluding hydrogens is 300 g/mol. The largest absolute Gasteiger partial charge is 0.472 e. The van der Waals surface area contributed by atoms with Crippen molar-refractivity contribution in [2.45, 2.75) is 46.0 Å². The number of carbonyl (C=O) groups excluding carboxylic acids is 1. The van der Waals surface area contributed by atoms with Crippen molar-refractivity contribution in [1.29, 1.82) is 0 Å². The molecule has 1 aliphatic carbocycles. The third-order valence-corrected chi connectivity index (χ3v) is 5.40. The molecule has 0 spiro atoms. The molecule has 0 aromatic carbocycles. The highest BCUT2D eigenvalue weighted by Gasteiger charge is 2.30. The predicted molar refractivity (Wildman–Crippen MR) is 96.5 cm³/mol. The van der Waals surface area contributed by atoms with Gasteiger partial charge in [-0.3, -0.25) is 0 Å². The molecule has 1 aliphatic rings. The van der Waals surface area contributed by atoms with Crippen LogP contribution in [-0.2, 0) is 16.0 Å². The Balaban J connectivity index is 2.14. The second kappa shape index (κ2) is 8.18. The van der Waals surface area contributed by atoms with Crippen LogP contribution in [0.2, 0.25) is 0 Å². The molecule has 0 saturated heterocycles. The van der Waals surface area contributed by atoms with E-state index in [-0.39, 0.29) is 11.4 Å². The van der Waals surface area contributed by atoms with Crippen LogP contribution in [0.25, 0.3) is 0 Å². The molecule has 24 heavy (non-hydrogen) atoms. The van der Waals surface area contributed by atoms with Crippen LogP contribution in [0.1, 0.15) is 45.1 Å². The van der Waals surface area contributed by atoms with Gasteiger partial charge < -0.3 is 9.15 Å². The standard InChI is InChI=1S/C21H28O3/c1-16-8-9-17(2)21(3,13-10-18-11-14-24-15-18)12-6-5-7-19(16)20(22)23-4/h5-7,11,14-15,17H,1,8-10,12-13H2,2-4H3/b6-5-,19-7?/t17-,21+/m1/s1. The summed E-state index contributed by atoms with van der Waals surface area (Å²) < 4.78 is 10.0. The van der Waals surface area contributed by atoms with E-state index < -0.39 is 0 Å². The van der Waals surface area contributed by atoms with E-state index in [1.165, 1.54) is 12.7 Å². The third-order valence-electron chi connectivity index (χ3n) is 5.40. The predicted octanol–water partition coefficient (Wildman–Crippen LogP) is 5.25. The van der Waals surface area contributed by atoms with Gasteiger partial charge in [0.25, 0.3) is 0 Å². The van der Waals surface area contributed by atoms with Gasteiger partial charge in [0.15, 0.2) is 0 Å². The molecule has 3 heteroatoms. The molecule has 130 valence electrons. The van der Waals surface area contributed by atoms with Gasteiger partial charge >= 0.3 is 5.97 Å². The minimum Gasteiger partial charge on any atom is -0.472 e. The Kier molecular flexibility index (Phi) is 6.24. The number of methoxy groups -OCH3 is 1. The lowest BCUT2D eigenvalue weighted by molar-refractivity contribution is -0.135. The quantitative estimate of drug-likeness (QED) is 0.709. The van der Waals surface area contributed by atoms with E-state index in [1.54, 1.807) is 6.26 Å². The second-order valence-electron chi connectivity index (χ2n) is 7.03. The summed E-state index contributed by atoms with van der Waals surface area (Å²) in [6.45, 7) is 8.76. The molecule has 0 aliphatic heterocycles. The SMILES string of the molecule is C=C1CC[C@@H](C)[C@](C)(CCc2ccoc2)C/C=C\C=C1C(=O)OC. The number of allylic oxidation sites excluding steroid dienone is 3. The summed E-state index contributed by atoms with van der Waals surface area (Å²) >= 11 is 0. The fourth-order valence-corrected chi connectivity index (χ4v) is 3.23. The van der Waals surface area contributed by atoms with Gasteiger partial charge in [0.1, 0.15) is 0 Å². The van der Waals surface area contributed by atoms with Crippen molar-refractivity contribution in [2.75, 3.05) is 7.11 Å². The molecule has 0 fully saturated rings. The van der Waals surface area contributed by atoms with E-state index >= 15 is 0 Å². The third kappa shape index (κ3) is 4.50. The monoisotopic (exact) mass is 328 g/mol. The van der Waals surface area contributed by atoms with Crippen molar-refractivity contribution in [3.8, 4) is 0 Å². The lowest BCUT2D eigenvalue weighted by Crippen LogP contribution is -2.26. The summed E-state index contributed by atoms with van der Waals surface area (Å²) in [5.41, 5.74) is 2.91. The van der Waals surface area contributed by atoms with Gasteiger partial charge in [-0.15, -0.1) is 0 Å². The zero-order valence-corrected chi connectivity index (χ0v) is 15.0. The number of hydrogen-bond acceptors (Lipinski definition) is 3. The highest BCUT2D eigenvalue weighted by molar-refractivity contribution is 5.93. The van der Waals surface area contributed by atoms with Crippen molar-refractivity contribution in [1.82, 2.24) is 0 Å². The maximum atomic E-state index is 11.9. The molecule has 1 heterocycles. The van der Waals surface area contributed by atoms with Gasteiger partial charge in [0, 0.05) is 0 Å². The van der Waals surface area contributed by atoms with Crippen LogP contribution in [0.3, 0.4) is 0 Å². The Hall–Kier alpha value is -2.03. The van der Waals surface area contributed by atoms with Crippen LogP contribution in [0.15, 0.2) is 59.0 Å². The van der Waals surface area contributed by atoms with Crippen LogP contribution in [0.5, 0.6) is 0 Å². The highest BCUT2D eigenvalue weighted by Crippen LogP contribution is 2.40. The fraction of sp³-hybridized carbons (Fsp3) is 0.476. The molecule has 3 nitrogen and oxygen atoms in total. The van der Waals surface area contributed by atoms with Gasteiger partial charge in [-0.25, -0.2) is 4.79 Å². The average molecular weight is 328 g/mol. The zero-order valence-electron chi connectivity index (χ0n) is 15.0. The maximum Gasteiger partial charge on any atom is 0.338 e. The van der Waals surface area contributed by atoms with Gasteiger partial charge in [-0.1, -0.05) is 32.6 Å². The van der Waals surface area contributed by atoms with E-state index in [2.05, 4.69) is 26.5 Å². The van der Waals surface area contributed by atoms with Crippen LogP contribution in [0, 0.1) is 11.3 Å². The van der Waals surface area contributed by atoms with E-state index in [9.17, 15) is 4.79 Å². The van der Waals surface area contributed by atoms with Gasteiger partial charge in [-0.05, 0) is 66.7 Å². The summed E-state index contributed by atoms with van der Waals surface area (Å²) in [5.74, 6) is 0.225. The lowest BCUT2D eigenvalue weighted by Gasteiger charge is -2.36. The summed E-state index contributed by atoms with van der Waals surface area (Å²) in [6, 6.07) is 2.04. The summed E-state index contributed by atoms with van der Waals surface area (Å²) in [5, 5.41) is 0. The molecule has 0 unspecified atom stereocenters. The number of furan rings is 1. The minimum atomic E-state index is -0.305. The minimum absolute atomic E-state index is 0.213. The van der Waals surface area contributed by atoms with Crippen LogP contribution < -0.4 is 0 Å². The van der Waals surface area contributed by atoms with Crippen LogP contribution >= 0.6 is 0 Å². The average Bonchev–Trinajstić information content (AvgIpc) is 3.10. The first-order chi connectivity index (χ1) is 11.5. The number of aryl methyl sites for hydroxylation is 1. The first kappa shape index (κ1) is 18.3. The van der Waals surface area contributed by atoms with E-state index in [0.29, 0.717) is 11.5 Å². The van der Waals surface area contributed by atoms with Crippen molar-refractivity contribution < 1.29 is 13.9 Å². The van der Waals surface area contributed by atoms with Crippen molar-refractivity contribution >= 4 is 5.97 Å². The first-order valence-corrected chi connectivity index (χ1v) is 8.60. The van der Waals surface area contributed by atoms with E-state index in [1.807, 2.05) is 24.5 Å². The molecule has 0 bridgehead atoms. The molecule has 2 atom stereocenters. The van der Waals surface area contributed by atoms with Gasteiger partial charge in [-0.2, -0.15) is 0 Å². The summed E-state index contributed by atoms with van der Waals surface area (Å²) in [4.78, 5) is 11.9. The highest BCUT2D eigenvalue weighted by atomic mass is 16.5. The number of hydrogen-bond donors (Lipinski definition) is 0. The van der Waals surface area contributed by atoms with Gasteiger partial charge in [0.05, 0.1) is 25.2 Å². The number of esters is 1. The van der Waals surface area contributed by atoms with E-state index in [0.717, 1.165) is 37.7 Å². The van der Waals surface area contributed by atoms with Gasteiger partial charge in [0.2, 0.25) is 0 Å². The Labute approximate surface area is 145 Å². The Morgan fingerprint density at radius 3 is 2.96 bits per heavy atom. The smallest absolute Gasteiger partial charge is 0.338 e. The topological polar surface area (TPSA) is 39.4 Å². The number of rotatable bonds is 4. The molecule has 2 rings (SSSR count). The molecule has 1 aromatic heterocycles. The Bertz CT molecular complexity index is 622. The summed E-state index contributed by atoms with van der Waals surface area (Å²) in [7, 11) is 1.41. The van der Waals surface area contributed by atoms with Crippen molar-refractivity contribution in [2.24, 2.45) is 11.3 Å². The zero-order chi connectivity index (χ0) is 17.6. The van der Waals surface area contributed by atoms with Crippen molar-refractivity contribution in [3.05, 3.63) is 60.1 Å². The molecule has 0 amide bonds. The molecule has 1 aromatic rings. The Morgan fingerprint density at radius 1 is 1.50 bits per heavy atom. The number of ether oxygens (including phenoxy) is 1. The first-order valence-electron chi connectivity index (χ1n) is 8.60. The van der Waals surface area contributed by atoms with E-state index in [4.69, 9.17) is 9.15 Å². The lowest BCUT2D eigenvalue weighted by atomic mass is 9.69. The molecule has 0 saturated carbocycles. The van der Waals surface area contributed by atoms with Crippen LogP contribution in [0.4, 0.5) is 0 Å². The fourth-order valence-electron chi connectivity index (χ4n) is 3.23. The molecule has 0 N–H and O–H groups in total. The summed E-state index contributed by atoms with van der Waals surface area (Å²) in [6.07, 6.45) is 14.5. The number of carbonyl (C=O) groups is 1. The maximum absolute atomic E-state index is 11.9. The second-order valence-corrected chi connectivity index (χ2v) is 7.03. The molecular formula is C21H28O3. The van der Waals surface area contributed by atoms with Crippen LogP contribution in [-0.4, -0.2) is 13.1 Å². The Morgan fingerprint density at radius 2 is 2.29 bits per heavy atom. The normalized spacial score (nSPS) is 26.5. The molecule has 0 radical (unpaired) electrons. The van der Waals surface area contributed by atoms with Crippen molar-refractivity contribution in [3.63, 3.8) is 0 Å².